The van der Waals surface area contributed by atoms with Crippen molar-refractivity contribution in [2.24, 2.45) is 5.41 Å². The molecule has 3 rings (SSSR count). The predicted molar refractivity (Wildman–Crippen MR) is 64.3 cm³/mol. The molecular weight excluding hydrogens is 220 g/mol. The van der Waals surface area contributed by atoms with Crippen LogP contribution in [0.25, 0.3) is 0 Å². The molecule has 5 heteroatoms. The lowest BCUT2D eigenvalue weighted by Crippen LogP contribution is -2.38. The molecule has 4 nitrogen and oxygen atoms in total. The van der Waals surface area contributed by atoms with Crippen molar-refractivity contribution in [1.82, 2.24) is 19.8 Å². The lowest BCUT2D eigenvalue weighted by atomic mass is 9.78. The number of nitrogens with zero attached hydrogens (tertiary/aromatic N) is 3. The average molecular weight is 238 g/mol. The molecule has 0 amide bonds. The highest BCUT2D eigenvalue weighted by atomic mass is 32.1. The second kappa shape index (κ2) is 4.39. The third-order valence-electron chi connectivity index (χ3n) is 3.97. The van der Waals surface area contributed by atoms with Gasteiger partial charge in [0.25, 0.3) is 0 Å². The van der Waals surface area contributed by atoms with Crippen LogP contribution in [0.3, 0.4) is 0 Å². The van der Waals surface area contributed by atoms with E-state index in [0.717, 1.165) is 12.2 Å². The van der Waals surface area contributed by atoms with Crippen LogP contribution in [0, 0.1) is 5.41 Å². The van der Waals surface area contributed by atoms with Gasteiger partial charge < -0.3 is 5.32 Å². The third-order valence-corrected chi connectivity index (χ3v) is 4.53. The Balaban J connectivity index is 1.60. The number of hydrogen-bond donors (Lipinski definition) is 1. The Morgan fingerprint density at radius 1 is 1.38 bits per heavy atom. The maximum atomic E-state index is 4.13. The molecule has 0 aliphatic carbocycles. The Hall–Kier alpha value is -0.520. The van der Waals surface area contributed by atoms with Crippen LogP contribution >= 0.6 is 11.5 Å². The summed E-state index contributed by atoms with van der Waals surface area (Å²) >= 11 is 1.45. The highest BCUT2D eigenvalue weighted by molar-refractivity contribution is 7.03. The zero-order valence-electron chi connectivity index (χ0n) is 9.48. The molecule has 0 atom stereocenters. The van der Waals surface area contributed by atoms with E-state index in [-0.39, 0.29) is 0 Å². The van der Waals surface area contributed by atoms with Crippen molar-refractivity contribution >= 4 is 11.5 Å². The second-order valence-corrected chi connectivity index (χ2v) is 5.72. The van der Waals surface area contributed by atoms with E-state index in [1.807, 2.05) is 0 Å². The van der Waals surface area contributed by atoms with Crippen molar-refractivity contribution in [3.05, 3.63) is 11.1 Å². The van der Waals surface area contributed by atoms with Gasteiger partial charge in [-0.3, -0.25) is 4.90 Å². The Morgan fingerprint density at radius 2 is 2.25 bits per heavy atom. The average Bonchev–Trinajstić information content (AvgIpc) is 2.92. The van der Waals surface area contributed by atoms with E-state index in [9.17, 15) is 0 Å². The standard InChI is InChI=1S/C11H18N4S/c1-4-12-5-2-11(1)3-6-15(9-11)7-10-8-16-14-13-10/h8,12H,1-7,9H2. The molecule has 3 heterocycles. The fourth-order valence-corrected chi connectivity index (χ4v) is 3.45. The quantitative estimate of drug-likeness (QED) is 0.838. The Bertz CT molecular complexity index is 332. The van der Waals surface area contributed by atoms with Gasteiger partial charge in [0.15, 0.2) is 0 Å². The molecule has 0 saturated carbocycles. The van der Waals surface area contributed by atoms with Crippen molar-refractivity contribution in [2.45, 2.75) is 25.8 Å². The molecule has 0 radical (unpaired) electrons. The zero-order chi connectivity index (χ0) is 10.8. The molecular formula is C11H18N4S. The molecule has 16 heavy (non-hydrogen) atoms. The lowest BCUT2D eigenvalue weighted by Gasteiger charge is -2.33. The highest BCUT2D eigenvalue weighted by Gasteiger charge is 2.38. The third kappa shape index (κ3) is 2.12. The van der Waals surface area contributed by atoms with Gasteiger partial charge in [-0.2, -0.15) is 0 Å². The summed E-state index contributed by atoms with van der Waals surface area (Å²) in [7, 11) is 0. The van der Waals surface area contributed by atoms with Gasteiger partial charge in [0.1, 0.15) is 0 Å². The topological polar surface area (TPSA) is 41.1 Å². The molecule has 1 aromatic rings. The molecule has 2 aliphatic heterocycles. The zero-order valence-corrected chi connectivity index (χ0v) is 10.3. The van der Waals surface area contributed by atoms with Gasteiger partial charge in [-0.15, -0.1) is 5.10 Å². The normalized spacial score (nSPS) is 25.2. The number of aromatic nitrogens is 2. The summed E-state index contributed by atoms with van der Waals surface area (Å²) < 4.78 is 3.92. The van der Waals surface area contributed by atoms with Crippen LogP contribution in [0.4, 0.5) is 0 Å². The van der Waals surface area contributed by atoms with E-state index in [4.69, 9.17) is 0 Å². The minimum Gasteiger partial charge on any atom is -0.317 e. The molecule has 0 bridgehead atoms. The monoisotopic (exact) mass is 238 g/mol. The molecule has 88 valence electrons. The molecule has 1 spiro atoms. The van der Waals surface area contributed by atoms with E-state index >= 15 is 0 Å². The minimum atomic E-state index is 0.606. The maximum absolute atomic E-state index is 4.13. The van der Waals surface area contributed by atoms with Gasteiger partial charge in [-0.1, -0.05) is 4.49 Å². The van der Waals surface area contributed by atoms with E-state index in [0.29, 0.717) is 5.41 Å². The summed E-state index contributed by atoms with van der Waals surface area (Å²) in [5, 5.41) is 9.65. The largest absolute Gasteiger partial charge is 0.317 e. The van der Waals surface area contributed by atoms with Gasteiger partial charge >= 0.3 is 0 Å². The van der Waals surface area contributed by atoms with Crippen LogP contribution < -0.4 is 5.32 Å². The van der Waals surface area contributed by atoms with Crippen LogP contribution in [0.5, 0.6) is 0 Å². The van der Waals surface area contributed by atoms with Crippen LogP contribution in [-0.2, 0) is 6.54 Å². The predicted octanol–water partition coefficient (Wildman–Crippen LogP) is 1.11. The smallest absolute Gasteiger partial charge is 0.0895 e. The second-order valence-electron chi connectivity index (χ2n) is 5.11. The minimum absolute atomic E-state index is 0.606. The Kier molecular flexibility index (Phi) is 2.91. The number of piperidine rings is 1. The Morgan fingerprint density at radius 3 is 3.00 bits per heavy atom. The van der Waals surface area contributed by atoms with Gasteiger partial charge in [0, 0.05) is 18.5 Å². The molecule has 2 aliphatic rings. The summed E-state index contributed by atoms with van der Waals surface area (Å²) in [6.07, 6.45) is 4.06. The fraction of sp³-hybridized carbons (Fsp3) is 0.818. The Labute approximate surface area is 100 Å². The molecule has 1 N–H and O–H groups in total. The molecule has 1 aromatic heterocycles. The van der Waals surface area contributed by atoms with Crippen LogP contribution in [0.15, 0.2) is 5.38 Å². The number of hydrogen-bond acceptors (Lipinski definition) is 5. The summed E-state index contributed by atoms with van der Waals surface area (Å²) in [4.78, 5) is 2.54. The highest BCUT2D eigenvalue weighted by Crippen LogP contribution is 2.38. The van der Waals surface area contributed by atoms with E-state index in [2.05, 4.69) is 25.2 Å². The summed E-state index contributed by atoms with van der Waals surface area (Å²) in [5.41, 5.74) is 1.74. The SMILES string of the molecule is c1snnc1CN1CCC2(CCNCC2)C1. The molecule has 0 aromatic carbocycles. The fourth-order valence-electron chi connectivity index (χ4n) is 3.01. The molecule has 2 saturated heterocycles. The summed E-state index contributed by atoms with van der Waals surface area (Å²) in [5.74, 6) is 0. The van der Waals surface area contributed by atoms with Crippen molar-refractivity contribution in [2.75, 3.05) is 26.2 Å². The first-order valence-corrected chi connectivity index (χ1v) is 6.89. The first-order valence-electron chi connectivity index (χ1n) is 6.05. The van der Waals surface area contributed by atoms with Gasteiger partial charge in [0.2, 0.25) is 0 Å². The van der Waals surface area contributed by atoms with Gasteiger partial charge in [0.05, 0.1) is 5.69 Å². The van der Waals surface area contributed by atoms with Crippen molar-refractivity contribution in [3.8, 4) is 0 Å². The number of rotatable bonds is 2. The van der Waals surface area contributed by atoms with Crippen molar-refractivity contribution in [1.29, 1.82) is 0 Å². The van der Waals surface area contributed by atoms with Crippen LogP contribution in [0.1, 0.15) is 25.0 Å². The van der Waals surface area contributed by atoms with E-state index < -0.39 is 0 Å². The first kappa shape index (κ1) is 10.6. The lowest BCUT2D eigenvalue weighted by molar-refractivity contribution is 0.193. The number of likely N-dealkylation sites (tertiary alicyclic amines) is 1. The van der Waals surface area contributed by atoms with Crippen molar-refractivity contribution in [3.63, 3.8) is 0 Å². The molecule has 2 fully saturated rings. The van der Waals surface area contributed by atoms with Crippen LogP contribution in [0.2, 0.25) is 0 Å². The maximum Gasteiger partial charge on any atom is 0.0895 e. The summed E-state index contributed by atoms with van der Waals surface area (Å²) in [6, 6.07) is 0. The first-order chi connectivity index (χ1) is 7.86. The van der Waals surface area contributed by atoms with Crippen LogP contribution in [-0.4, -0.2) is 40.7 Å². The van der Waals surface area contributed by atoms with E-state index in [1.165, 1.54) is 57.0 Å². The van der Waals surface area contributed by atoms with E-state index in [1.54, 1.807) is 0 Å². The molecule has 0 unspecified atom stereocenters. The van der Waals surface area contributed by atoms with Gasteiger partial charge in [-0.05, 0) is 55.8 Å². The van der Waals surface area contributed by atoms with Gasteiger partial charge in [-0.25, -0.2) is 0 Å². The summed E-state index contributed by atoms with van der Waals surface area (Å²) in [6.45, 7) is 5.88. The van der Waals surface area contributed by atoms with Crippen molar-refractivity contribution < 1.29 is 0 Å². The number of nitrogens with one attached hydrogen (secondary N) is 1.